The Morgan fingerprint density at radius 1 is 0.791 bits per heavy atom. The van der Waals surface area contributed by atoms with Crippen molar-refractivity contribution in [2.45, 2.75) is 125 Å². The molecule has 4 atom stereocenters. The zero-order valence-electron chi connectivity index (χ0n) is 27.3. The summed E-state index contributed by atoms with van der Waals surface area (Å²) in [6.07, 6.45) is -3.61. The van der Waals surface area contributed by atoms with E-state index in [4.69, 9.17) is 28.4 Å². The van der Waals surface area contributed by atoms with Crippen LogP contribution in [0.4, 0.5) is 14.4 Å². The lowest BCUT2D eigenvalue weighted by atomic mass is 10.00. The molecular formula is C31H49NO11. The van der Waals surface area contributed by atoms with E-state index in [1.807, 2.05) is 41.5 Å². The van der Waals surface area contributed by atoms with E-state index in [-0.39, 0.29) is 34.9 Å². The van der Waals surface area contributed by atoms with Gasteiger partial charge in [0.15, 0.2) is 11.5 Å². The van der Waals surface area contributed by atoms with Gasteiger partial charge in [-0.25, -0.2) is 19.2 Å². The molecule has 43 heavy (non-hydrogen) atoms. The second-order valence-corrected chi connectivity index (χ2v) is 11.9. The van der Waals surface area contributed by atoms with Crippen molar-refractivity contribution in [3.05, 3.63) is 23.8 Å². The molecule has 0 heterocycles. The van der Waals surface area contributed by atoms with Gasteiger partial charge in [-0.15, -0.1) is 0 Å². The van der Waals surface area contributed by atoms with Crippen LogP contribution in [0.3, 0.4) is 0 Å². The monoisotopic (exact) mass is 611 g/mol. The molecule has 12 heteroatoms. The normalized spacial score (nSPS) is 15.1. The summed E-state index contributed by atoms with van der Waals surface area (Å²) >= 11 is 0. The van der Waals surface area contributed by atoms with Crippen LogP contribution in [0.2, 0.25) is 0 Å². The van der Waals surface area contributed by atoms with Crippen LogP contribution >= 0.6 is 0 Å². The van der Waals surface area contributed by atoms with Gasteiger partial charge in [-0.1, -0.05) is 47.6 Å². The minimum atomic E-state index is -2.26. The number of benzene rings is 1. The first-order valence-electron chi connectivity index (χ1n) is 14.7. The van der Waals surface area contributed by atoms with Gasteiger partial charge in [-0.2, -0.15) is 0 Å². The van der Waals surface area contributed by atoms with Gasteiger partial charge < -0.3 is 33.5 Å². The highest BCUT2D eigenvalue weighted by molar-refractivity contribution is 5.80. The Balaban J connectivity index is 3.52. The van der Waals surface area contributed by atoms with Crippen LogP contribution in [-0.2, 0) is 30.2 Å². The molecule has 0 spiro atoms. The van der Waals surface area contributed by atoms with Crippen molar-refractivity contribution in [3.63, 3.8) is 0 Å². The third kappa shape index (κ3) is 12.3. The second-order valence-electron chi connectivity index (χ2n) is 11.9. The van der Waals surface area contributed by atoms with Crippen LogP contribution in [0.25, 0.3) is 0 Å². The Morgan fingerprint density at radius 2 is 1.30 bits per heavy atom. The first-order valence-corrected chi connectivity index (χ1v) is 14.7. The fraction of sp³-hybridized carbons (Fsp3) is 0.677. The lowest BCUT2D eigenvalue weighted by Gasteiger charge is -2.34. The fourth-order valence-electron chi connectivity index (χ4n) is 3.18. The van der Waals surface area contributed by atoms with E-state index in [1.54, 1.807) is 34.6 Å². The lowest BCUT2D eigenvalue weighted by Crippen LogP contribution is -2.60. The van der Waals surface area contributed by atoms with Crippen molar-refractivity contribution in [3.8, 4) is 11.5 Å². The first-order chi connectivity index (χ1) is 19.8. The van der Waals surface area contributed by atoms with E-state index in [2.05, 4.69) is 5.32 Å². The van der Waals surface area contributed by atoms with Crippen LogP contribution in [0.1, 0.15) is 94.6 Å². The zero-order valence-corrected chi connectivity index (χ0v) is 27.3. The van der Waals surface area contributed by atoms with Gasteiger partial charge in [-0.05, 0) is 77.0 Å². The molecule has 0 fully saturated rings. The topological polar surface area (TPSA) is 156 Å². The molecule has 244 valence electrons. The molecule has 1 aromatic carbocycles. The van der Waals surface area contributed by atoms with Crippen molar-refractivity contribution in [2.24, 2.45) is 11.8 Å². The molecular weight excluding hydrogens is 562 g/mol. The summed E-state index contributed by atoms with van der Waals surface area (Å²) in [5, 5.41) is 13.2. The Morgan fingerprint density at radius 3 is 1.74 bits per heavy atom. The van der Waals surface area contributed by atoms with Crippen molar-refractivity contribution < 1.29 is 52.7 Å². The SMILES string of the molecule is CCC(C)N[C@@](Cc1ccc(OC(=O)OC(C)C(C)C)c(OC(=O)OC(C)C(C)C)c1)(OC(=O)OC(C)(C)CC)C(=O)O. The van der Waals surface area contributed by atoms with Crippen LogP contribution in [0.15, 0.2) is 18.2 Å². The third-order valence-corrected chi connectivity index (χ3v) is 7.20. The zero-order chi connectivity index (χ0) is 33.1. The van der Waals surface area contributed by atoms with E-state index in [9.17, 15) is 24.3 Å². The van der Waals surface area contributed by atoms with Gasteiger partial charge in [-0.3, -0.25) is 5.32 Å². The van der Waals surface area contributed by atoms with E-state index < -0.39 is 54.4 Å². The van der Waals surface area contributed by atoms with Crippen molar-refractivity contribution >= 4 is 24.4 Å². The average Bonchev–Trinajstić information content (AvgIpc) is 2.89. The Labute approximate surface area is 254 Å². The molecule has 0 aliphatic rings. The maximum Gasteiger partial charge on any atom is 0.514 e. The second kappa shape index (κ2) is 16.3. The summed E-state index contributed by atoms with van der Waals surface area (Å²) in [5.41, 5.74) is -2.89. The average molecular weight is 612 g/mol. The van der Waals surface area contributed by atoms with E-state index >= 15 is 0 Å². The number of hydrogen-bond donors (Lipinski definition) is 2. The lowest BCUT2D eigenvalue weighted by molar-refractivity contribution is -0.169. The van der Waals surface area contributed by atoms with E-state index in [0.29, 0.717) is 12.8 Å². The summed E-state index contributed by atoms with van der Waals surface area (Å²) in [7, 11) is 0. The van der Waals surface area contributed by atoms with Gasteiger partial charge in [0, 0.05) is 12.5 Å². The van der Waals surface area contributed by atoms with Crippen LogP contribution in [0.5, 0.6) is 11.5 Å². The van der Waals surface area contributed by atoms with Gasteiger partial charge in [0.25, 0.3) is 5.72 Å². The first kappa shape index (κ1) is 37.5. The molecule has 0 radical (unpaired) electrons. The highest BCUT2D eigenvalue weighted by Gasteiger charge is 2.45. The van der Waals surface area contributed by atoms with Crippen LogP contribution < -0.4 is 14.8 Å². The summed E-state index contributed by atoms with van der Waals surface area (Å²) in [5.74, 6) is -1.85. The number of carboxylic acid groups (broad SMARTS) is 1. The van der Waals surface area contributed by atoms with Gasteiger partial charge in [0.1, 0.15) is 17.8 Å². The molecule has 0 saturated carbocycles. The number of carbonyl (C=O) groups is 4. The molecule has 1 rings (SSSR count). The number of carbonyl (C=O) groups excluding carboxylic acids is 3. The standard InChI is InChI=1S/C31H49NO11/c1-12-20(7)32-31(26(33)34,43-29(37)42-30(10,11)13-2)17-23-14-15-24(40-27(35)38-21(8)18(3)4)25(16-23)41-28(36)39-22(9)19(5)6/h14-16,18-22,32H,12-13,17H2,1-11H3,(H,33,34)/t20?,21?,22?,31-/m0/s1. The number of carboxylic acids is 1. The van der Waals surface area contributed by atoms with Crippen LogP contribution in [0, 0.1) is 11.8 Å². The van der Waals surface area contributed by atoms with Gasteiger partial charge in [0.05, 0.1) is 0 Å². The number of aliphatic carboxylic acids is 1. The molecule has 1 aromatic rings. The van der Waals surface area contributed by atoms with Gasteiger partial charge >= 0.3 is 24.4 Å². The quantitative estimate of drug-likeness (QED) is 0.0920. The third-order valence-electron chi connectivity index (χ3n) is 7.20. The van der Waals surface area contributed by atoms with Gasteiger partial charge in [0.2, 0.25) is 0 Å². The molecule has 3 unspecified atom stereocenters. The molecule has 0 saturated heterocycles. The van der Waals surface area contributed by atoms with Crippen molar-refractivity contribution in [1.82, 2.24) is 5.32 Å². The molecule has 0 aromatic heterocycles. The molecule has 0 aliphatic carbocycles. The largest absolute Gasteiger partial charge is 0.514 e. The summed E-state index contributed by atoms with van der Waals surface area (Å²) in [6.45, 7) is 19.6. The predicted molar refractivity (Wildman–Crippen MR) is 158 cm³/mol. The van der Waals surface area contributed by atoms with E-state index in [1.165, 1.54) is 18.2 Å². The van der Waals surface area contributed by atoms with E-state index in [0.717, 1.165) is 0 Å². The maximum atomic E-state index is 12.8. The van der Waals surface area contributed by atoms with Crippen molar-refractivity contribution in [1.29, 1.82) is 0 Å². The Bertz CT molecular complexity index is 1100. The summed E-state index contributed by atoms with van der Waals surface area (Å²) in [4.78, 5) is 50.5. The molecule has 0 bridgehead atoms. The Hall–Kier alpha value is -3.54. The number of ether oxygens (including phenoxy) is 6. The Kier molecular flexibility index (Phi) is 14.2. The minimum absolute atomic E-state index is 0.000457. The predicted octanol–water partition coefficient (Wildman–Crippen LogP) is 6.86. The van der Waals surface area contributed by atoms with Crippen LogP contribution in [-0.4, -0.2) is 59.1 Å². The number of hydrogen-bond acceptors (Lipinski definition) is 11. The smallest absolute Gasteiger partial charge is 0.477 e. The number of nitrogens with one attached hydrogen (secondary N) is 1. The highest BCUT2D eigenvalue weighted by atomic mass is 16.8. The fourth-order valence-corrected chi connectivity index (χ4v) is 3.18. The highest BCUT2D eigenvalue weighted by Crippen LogP contribution is 2.32. The molecule has 12 nitrogen and oxygen atoms in total. The minimum Gasteiger partial charge on any atom is -0.477 e. The number of rotatable bonds is 15. The molecule has 0 aliphatic heterocycles. The van der Waals surface area contributed by atoms with Crippen molar-refractivity contribution in [2.75, 3.05) is 0 Å². The summed E-state index contributed by atoms with van der Waals surface area (Å²) in [6, 6.07) is 3.69. The molecule has 0 amide bonds. The molecule has 2 N–H and O–H groups in total. The maximum absolute atomic E-state index is 12.8. The summed E-state index contributed by atoms with van der Waals surface area (Å²) < 4.78 is 32.1.